The molecular weight excluding hydrogens is 138 g/mol. The Hall–Kier alpha value is 0.210. The zero-order valence-electron chi connectivity index (χ0n) is 5.61. The standard InChI is InChI=1S/C6H12ClNO/c1-2-6(7)5-8-3-4-9-6/h8H,2-5H2,1H3. The van der Waals surface area contributed by atoms with Gasteiger partial charge in [0.05, 0.1) is 6.61 Å². The Bertz CT molecular complexity index is 91.1. The first kappa shape index (κ1) is 7.32. The number of ether oxygens (including phenoxy) is 1. The Morgan fingerprint density at radius 3 is 2.89 bits per heavy atom. The monoisotopic (exact) mass is 149 g/mol. The number of rotatable bonds is 1. The molecule has 1 atom stereocenters. The molecule has 1 fully saturated rings. The van der Waals surface area contributed by atoms with Gasteiger partial charge in [0, 0.05) is 13.1 Å². The average Bonchev–Trinajstić information content (AvgIpc) is 1.90. The molecule has 0 radical (unpaired) electrons. The first-order chi connectivity index (χ1) is 4.27. The predicted octanol–water partition coefficient (Wildman–Crippen LogP) is 0.951. The van der Waals surface area contributed by atoms with Crippen LogP contribution in [0.15, 0.2) is 0 Å². The molecular formula is C6H12ClNO. The molecule has 0 aliphatic carbocycles. The van der Waals surface area contributed by atoms with Gasteiger partial charge in [0.15, 0.2) is 5.06 Å². The first-order valence-electron chi connectivity index (χ1n) is 3.30. The fourth-order valence-corrected chi connectivity index (χ4v) is 1.03. The molecule has 0 aromatic carbocycles. The first-order valence-corrected chi connectivity index (χ1v) is 3.68. The minimum absolute atomic E-state index is 0.418. The van der Waals surface area contributed by atoms with Gasteiger partial charge in [-0.1, -0.05) is 18.5 Å². The summed E-state index contributed by atoms with van der Waals surface area (Å²) in [6, 6.07) is 0. The van der Waals surface area contributed by atoms with Crippen LogP contribution in [0.2, 0.25) is 0 Å². The summed E-state index contributed by atoms with van der Waals surface area (Å²) < 4.78 is 5.32. The van der Waals surface area contributed by atoms with Gasteiger partial charge in [-0.15, -0.1) is 0 Å². The molecule has 0 aromatic rings. The second kappa shape index (κ2) is 2.86. The van der Waals surface area contributed by atoms with Crippen LogP contribution < -0.4 is 5.32 Å². The number of hydrogen-bond donors (Lipinski definition) is 1. The van der Waals surface area contributed by atoms with Crippen molar-refractivity contribution in [1.29, 1.82) is 0 Å². The molecule has 54 valence electrons. The summed E-state index contributed by atoms with van der Waals surface area (Å²) in [6.07, 6.45) is 0.863. The summed E-state index contributed by atoms with van der Waals surface area (Å²) in [5.74, 6) is 0. The number of nitrogens with one attached hydrogen (secondary N) is 1. The van der Waals surface area contributed by atoms with Gasteiger partial charge >= 0.3 is 0 Å². The minimum atomic E-state index is -0.418. The Labute approximate surface area is 60.5 Å². The van der Waals surface area contributed by atoms with Crippen LogP contribution in [0.3, 0.4) is 0 Å². The third kappa shape index (κ3) is 1.81. The Morgan fingerprint density at radius 1 is 1.78 bits per heavy atom. The van der Waals surface area contributed by atoms with E-state index in [0.29, 0.717) is 0 Å². The van der Waals surface area contributed by atoms with Gasteiger partial charge in [-0.05, 0) is 6.42 Å². The van der Waals surface area contributed by atoms with E-state index in [9.17, 15) is 0 Å². The number of hydrogen-bond acceptors (Lipinski definition) is 2. The van der Waals surface area contributed by atoms with E-state index in [1.807, 2.05) is 6.92 Å². The SMILES string of the molecule is CCC1(Cl)CNCCO1. The minimum Gasteiger partial charge on any atom is -0.357 e. The van der Waals surface area contributed by atoms with E-state index < -0.39 is 5.06 Å². The molecule has 2 nitrogen and oxygen atoms in total. The fourth-order valence-electron chi connectivity index (χ4n) is 0.859. The van der Waals surface area contributed by atoms with Gasteiger partial charge in [0.25, 0.3) is 0 Å². The third-order valence-electron chi connectivity index (χ3n) is 1.56. The highest BCUT2D eigenvalue weighted by Crippen LogP contribution is 2.21. The van der Waals surface area contributed by atoms with E-state index >= 15 is 0 Å². The van der Waals surface area contributed by atoms with Crippen LogP contribution >= 0.6 is 11.6 Å². The molecule has 9 heavy (non-hydrogen) atoms. The van der Waals surface area contributed by atoms with Gasteiger partial charge in [0.2, 0.25) is 0 Å². The Kier molecular flexibility index (Phi) is 2.33. The molecule has 1 aliphatic heterocycles. The maximum atomic E-state index is 5.97. The van der Waals surface area contributed by atoms with Crippen LogP contribution in [-0.2, 0) is 4.74 Å². The summed E-state index contributed by atoms with van der Waals surface area (Å²) in [5, 5.41) is 2.75. The molecule has 1 saturated heterocycles. The van der Waals surface area contributed by atoms with E-state index in [2.05, 4.69) is 5.32 Å². The van der Waals surface area contributed by atoms with Crippen molar-refractivity contribution in [2.45, 2.75) is 18.4 Å². The van der Waals surface area contributed by atoms with Crippen molar-refractivity contribution in [1.82, 2.24) is 5.32 Å². The van der Waals surface area contributed by atoms with Crippen molar-refractivity contribution >= 4 is 11.6 Å². The van der Waals surface area contributed by atoms with Crippen LogP contribution in [0, 0.1) is 0 Å². The van der Waals surface area contributed by atoms with Crippen molar-refractivity contribution in [3.63, 3.8) is 0 Å². The van der Waals surface area contributed by atoms with Crippen LogP contribution in [0.4, 0.5) is 0 Å². The molecule has 1 aliphatic rings. The van der Waals surface area contributed by atoms with Gasteiger partial charge < -0.3 is 10.1 Å². The lowest BCUT2D eigenvalue weighted by atomic mass is 10.2. The van der Waals surface area contributed by atoms with Crippen LogP contribution in [0.1, 0.15) is 13.3 Å². The number of halogens is 1. The van der Waals surface area contributed by atoms with Crippen LogP contribution in [0.5, 0.6) is 0 Å². The highest BCUT2D eigenvalue weighted by Gasteiger charge is 2.27. The summed E-state index contributed by atoms with van der Waals surface area (Å²) in [6.45, 7) is 4.46. The topological polar surface area (TPSA) is 21.3 Å². The molecule has 1 rings (SSSR count). The van der Waals surface area contributed by atoms with Crippen molar-refractivity contribution < 1.29 is 4.74 Å². The molecule has 0 aromatic heterocycles. The summed E-state index contributed by atoms with van der Waals surface area (Å²) in [7, 11) is 0. The second-order valence-corrected chi connectivity index (χ2v) is 2.95. The third-order valence-corrected chi connectivity index (χ3v) is 2.07. The zero-order valence-corrected chi connectivity index (χ0v) is 6.37. The highest BCUT2D eigenvalue weighted by atomic mass is 35.5. The van der Waals surface area contributed by atoms with E-state index in [0.717, 1.165) is 26.1 Å². The van der Waals surface area contributed by atoms with Gasteiger partial charge in [-0.25, -0.2) is 0 Å². The molecule has 1 unspecified atom stereocenters. The van der Waals surface area contributed by atoms with Crippen molar-refractivity contribution in [3.05, 3.63) is 0 Å². The maximum absolute atomic E-state index is 5.97. The fraction of sp³-hybridized carbons (Fsp3) is 1.00. The number of alkyl halides is 1. The van der Waals surface area contributed by atoms with Crippen molar-refractivity contribution in [2.24, 2.45) is 0 Å². The molecule has 0 amide bonds. The van der Waals surface area contributed by atoms with E-state index in [-0.39, 0.29) is 0 Å². The number of morpholine rings is 1. The normalized spacial score (nSPS) is 36.7. The summed E-state index contributed by atoms with van der Waals surface area (Å²) in [5.41, 5.74) is 0. The lowest BCUT2D eigenvalue weighted by Gasteiger charge is -2.30. The summed E-state index contributed by atoms with van der Waals surface area (Å²) >= 11 is 5.97. The van der Waals surface area contributed by atoms with E-state index in [1.165, 1.54) is 0 Å². The largest absolute Gasteiger partial charge is 0.357 e. The van der Waals surface area contributed by atoms with E-state index in [1.54, 1.807) is 0 Å². The molecule has 0 saturated carbocycles. The molecule has 3 heteroatoms. The second-order valence-electron chi connectivity index (χ2n) is 2.26. The lowest BCUT2D eigenvalue weighted by Crippen LogP contribution is -2.45. The van der Waals surface area contributed by atoms with Gasteiger partial charge in [-0.2, -0.15) is 0 Å². The Morgan fingerprint density at radius 2 is 2.56 bits per heavy atom. The molecule has 0 spiro atoms. The Balaban J connectivity index is 2.37. The van der Waals surface area contributed by atoms with Crippen LogP contribution in [0.25, 0.3) is 0 Å². The molecule has 1 N–H and O–H groups in total. The van der Waals surface area contributed by atoms with Crippen molar-refractivity contribution in [3.8, 4) is 0 Å². The van der Waals surface area contributed by atoms with Gasteiger partial charge in [-0.3, -0.25) is 0 Å². The lowest BCUT2D eigenvalue weighted by molar-refractivity contribution is -0.00629. The maximum Gasteiger partial charge on any atom is 0.153 e. The summed E-state index contributed by atoms with van der Waals surface area (Å²) in [4.78, 5) is 0. The van der Waals surface area contributed by atoms with Crippen LogP contribution in [-0.4, -0.2) is 24.8 Å². The van der Waals surface area contributed by atoms with Crippen molar-refractivity contribution in [2.75, 3.05) is 19.7 Å². The predicted molar refractivity (Wildman–Crippen MR) is 37.7 cm³/mol. The molecule has 0 bridgehead atoms. The van der Waals surface area contributed by atoms with E-state index in [4.69, 9.17) is 16.3 Å². The zero-order chi connectivity index (χ0) is 6.74. The molecule has 1 heterocycles. The highest BCUT2D eigenvalue weighted by molar-refractivity contribution is 6.23. The quantitative estimate of drug-likeness (QED) is 0.561. The average molecular weight is 150 g/mol. The smallest absolute Gasteiger partial charge is 0.153 e. The van der Waals surface area contributed by atoms with Gasteiger partial charge in [0.1, 0.15) is 0 Å².